The zero-order valence-electron chi connectivity index (χ0n) is 13.7. The van der Waals surface area contributed by atoms with Crippen molar-refractivity contribution in [2.75, 3.05) is 0 Å². The van der Waals surface area contributed by atoms with Gasteiger partial charge in [-0.2, -0.15) is 0 Å². The minimum atomic E-state index is -0.888. The molecule has 0 atom stereocenters. The van der Waals surface area contributed by atoms with Gasteiger partial charge in [0, 0.05) is 34.4 Å². The minimum Gasteiger partial charge on any atom is -0.444 e. The summed E-state index contributed by atoms with van der Waals surface area (Å²) in [6.45, 7) is 5.67. The normalized spacial score (nSPS) is 11.9. The summed E-state index contributed by atoms with van der Waals surface area (Å²) >= 11 is 0. The molecule has 0 unspecified atom stereocenters. The molecule has 0 aliphatic heterocycles. The van der Waals surface area contributed by atoms with Crippen LogP contribution >= 0.6 is 0 Å². The number of amides is 1. The SMILES string of the molecule is CC(C)(C)OC(=O)NCc1ccc2c(c1)[nH]c1cc(F)c(F)cc12. The predicted molar refractivity (Wildman–Crippen MR) is 88.8 cm³/mol. The number of fused-ring (bicyclic) bond motifs is 3. The van der Waals surface area contributed by atoms with Gasteiger partial charge in [-0.25, -0.2) is 13.6 Å². The summed E-state index contributed by atoms with van der Waals surface area (Å²) in [4.78, 5) is 14.7. The van der Waals surface area contributed by atoms with Crippen LogP contribution in [0.4, 0.5) is 13.6 Å². The van der Waals surface area contributed by atoms with E-state index >= 15 is 0 Å². The molecule has 0 aliphatic carbocycles. The fraction of sp³-hybridized carbons (Fsp3) is 0.278. The molecule has 3 aromatic rings. The Hall–Kier alpha value is -2.63. The Morgan fingerprint density at radius 2 is 1.75 bits per heavy atom. The molecule has 3 rings (SSSR count). The second kappa shape index (κ2) is 5.78. The lowest BCUT2D eigenvalue weighted by molar-refractivity contribution is 0.0523. The van der Waals surface area contributed by atoms with Crippen LogP contribution in [0.25, 0.3) is 21.8 Å². The smallest absolute Gasteiger partial charge is 0.407 e. The fourth-order valence-electron chi connectivity index (χ4n) is 2.55. The van der Waals surface area contributed by atoms with Crippen molar-refractivity contribution in [2.45, 2.75) is 32.9 Å². The predicted octanol–water partition coefficient (Wildman–Crippen LogP) is 4.62. The van der Waals surface area contributed by atoms with E-state index in [4.69, 9.17) is 4.74 Å². The van der Waals surface area contributed by atoms with E-state index in [1.54, 1.807) is 20.8 Å². The van der Waals surface area contributed by atoms with Gasteiger partial charge in [0.05, 0.1) is 0 Å². The van der Waals surface area contributed by atoms with Gasteiger partial charge in [0.15, 0.2) is 11.6 Å². The van der Waals surface area contributed by atoms with Crippen molar-refractivity contribution in [1.29, 1.82) is 0 Å². The van der Waals surface area contributed by atoms with Gasteiger partial charge in [0.1, 0.15) is 5.60 Å². The van der Waals surface area contributed by atoms with Crippen molar-refractivity contribution < 1.29 is 18.3 Å². The van der Waals surface area contributed by atoms with Gasteiger partial charge in [-0.3, -0.25) is 0 Å². The van der Waals surface area contributed by atoms with Crippen LogP contribution in [0.5, 0.6) is 0 Å². The fourth-order valence-corrected chi connectivity index (χ4v) is 2.55. The van der Waals surface area contributed by atoms with Crippen molar-refractivity contribution >= 4 is 27.9 Å². The number of H-pyrrole nitrogens is 1. The molecule has 0 fully saturated rings. The van der Waals surface area contributed by atoms with Gasteiger partial charge in [0.2, 0.25) is 0 Å². The van der Waals surface area contributed by atoms with E-state index in [9.17, 15) is 13.6 Å². The number of rotatable bonds is 2. The first-order valence-corrected chi connectivity index (χ1v) is 7.59. The summed E-state index contributed by atoms with van der Waals surface area (Å²) in [6.07, 6.45) is -0.497. The maximum Gasteiger partial charge on any atom is 0.407 e. The third-order valence-corrected chi connectivity index (χ3v) is 3.54. The van der Waals surface area contributed by atoms with Crippen LogP contribution in [0.15, 0.2) is 30.3 Å². The molecule has 2 N–H and O–H groups in total. The minimum absolute atomic E-state index is 0.295. The number of hydrogen-bond donors (Lipinski definition) is 2. The van der Waals surface area contributed by atoms with E-state index in [-0.39, 0.29) is 0 Å². The monoisotopic (exact) mass is 332 g/mol. The van der Waals surface area contributed by atoms with Crippen LogP contribution in [-0.4, -0.2) is 16.7 Å². The number of halogens is 2. The lowest BCUT2D eigenvalue weighted by Gasteiger charge is -2.19. The summed E-state index contributed by atoms with van der Waals surface area (Å²) in [5, 5.41) is 4.09. The first kappa shape index (κ1) is 16.2. The molecule has 126 valence electrons. The quantitative estimate of drug-likeness (QED) is 0.719. The number of benzene rings is 2. The topological polar surface area (TPSA) is 54.1 Å². The Bertz CT molecular complexity index is 926. The van der Waals surface area contributed by atoms with E-state index in [2.05, 4.69) is 10.3 Å². The van der Waals surface area contributed by atoms with Crippen LogP contribution < -0.4 is 5.32 Å². The number of nitrogens with one attached hydrogen (secondary N) is 2. The number of hydrogen-bond acceptors (Lipinski definition) is 2. The molecule has 1 aromatic heterocycles. The maximum absolute atomic E-state index is 13.4. The van der Waals surface area contributed by atoms with E-state index in [0.29, 0.717) is 17.4 Å². The highest BCUT2D eigenvalue weighted by molar-refractivity contribution is 6.07. The van der Waals surface area contributed by atoms with Gasteiger partial charge >= 0.3 is 6.09 Å². The summed E-state index contributed by atoms with van der Waals surface area (Å²) < 4.78 is 32.0. The standard InChI is InChI=1S/C18H18F2N2O2/c1-18(2,3)24-17(23)21-9-10-4-5-11-12-7-13(19)14(20)8-16(12)22-15(11)6-10/h4-8,22H,9H2,1-3H3,(H,21,23). The van der Waals surface area contributed by atoms with Crippen LogP contribution in [0.3, 0.4) is 0 Å². The average Bonchev–Trinajstić information content (AvgIpc) is 2.80. The summed E-state index contributed by atoms with van der Waals surface area (Å²) in [6, 6.07) is 7.81. The Labute approximate surface area is 137 Å². The van der Waals surface area contributed by atoms with Crippen LogP contribution in [0.1, 0.15) is 26.3 Å². The van der Waals surface area contributed by atoms with Gasteiger partial charge in [-0.1, -0.05) is 12.1 Å². The molecule has 0 spiro atoms. The van der Waals surface area contributed by atoms with E-state index in [1.165, 1.54) is 6.07 Å². The third kappa shape index (κ3) is 3.32. The van der Waals surface area contributed by atoms with E-state index in [1.807, 2.05) is 18.2 Å². The summed E-state index contributed by atoms with van der Waals surface area (Å²) in [5.74, 6) is -1.76. The van der Waals surface area contributed by atoms with Crippen LogP contribution in [0.2, 0.25) is 0 Å². The molecule has 0 saturated carbocycles. The first-order chi connectivity index (χ1) is 11.2. The Kier molecular flexibility index (Phi) is 3.91. The Morgan fingerprint density at radius 1 is 1.08 bits per heavy atom. The molecule has 24 heavy (non-hydrogen) atoms. The Morgan fingerprint density at radius 3 is 2.46 bits per heavy atom. The number of alkyl carbamates (subject to hydrolysis) is 1. The largest absolute Gasteiger partial charge is 0.444 e. The van der Waals surface area contributed by atoms with E-state index < -0.39 is 23.3 Å². The summed E-state index contributed by atoms with van der Waals surface area (Å²) in [5.41, 5.74) is 1.57. The van der Waals surface area contributed by atoms with Crippen molar-refractivity contribution in [3.8, 4) is 0 Å². The summed E-state index contributed by atoms with van der Waals surface area (Å²) in [7, 11) is 0. The highest BCUT2D eigenvalue weighted by atomic mass is 19.2. The van der Waals surface area contributed by atoms with E-state index in [0.717, 1.165) is 22.5 Å². The molecular formula is C18H18F2N2O2. The van der Waals surface area contributed by atoms with Gasteiger partial charge < -0.3 is 15.0 Å². The maximum atomic E-state index is 13.4. The number of aromatic amines is 1. The lowest BCUT2D eigenvalue weighted by Crippen LogP contribution is -2.32. The van der Waals surface area contributed by atoms with Crippen molar-refractivity contribution in [3.05, 3.63) is 47.5 Å². The first-order valence-electron chi connectivity index (χ1n) is 7.59. The second-order valence-electron chi connectivity index (χ2n) is 6.67. The lowest BCUT2D eigenvalue weighted by atomic mass is 10.1. The van der Waals surface area contributed by atoms with Gasteiger partial charge in [-0.15, -0.1) is 0 Å². The average molecular weight is 332 g/mol. The van der Waals surface area contributed by atoms with Crippen LogP contribution in [-0.2, 0) is 11.3 Å². The van der Waals surface area contributed by atoms with Crippen LogP contribution in [0, 0.1) is 11.6 Å². The molecular weight excluding hydrogens is 314 g/mol. The van der Waals surface area contributed by atoms with Crippen molar-refractivity contribution in [3.63, 3.8) is 0 Å². The number of aromatic nitrogens is 1. The highest BCUT2D eigenvalue weighted by Crippen LogP contribution is 2.28. The third-order valence-electron chi connectivity index (χ3n) is 3.54. The Balaban J connectivity index is 1.84. The van der Waals surface area contributed by atoms with Gasteiger partial charge in [0.25, 0.3) is 0 Å². The number of carbonyl (C=O) groups excluding carboxylic acids is 1. The highest BCUT2D eigenvalue weighted by Gasteiger charge is 2.16. The van der Waals surface area contributed by atoms with Crippen molar-refractivity contribution in [1.82, 2.24) is 10.3 Å². The van der Waals surface area contributed by atoms with Gasteiger partial charge in [-0.05, 0) is 38.5 Å². The molecule has 0 bridgehead atoms. The molecule has 2 aromatic carbocycles. The van der Waals surface area contributed by atoms with Crippen molar-refractivity contribution in [2.24, 2.45) is 0 Å². The second-order valence-corrected chi connectivity index (χ2v) is 6.67. The molecule has 6 heteroatoms. The molecule has 0 aliphatic rings. The number of ether oxygens (including phenoxy) is 1. The zero-order valence-corrected chi connectivity index (χ0v) is 13.7. The molecule has 1 amide bonds. The molecule has 0 radical (unpaired) electrons. The molecule has 1 heterocycles. The zero-order chi connectivity index (χ0) is 17.5. The molecule has 4 nitrogen and oxygen atoms in total. The molecule has 0 saturated heterocycles. The number of carbonyl (C=O) groups is 1.